The highest BCUT2D eigenvalue weighted by Crippen LogP contribution is 2.28. The molecule has 2 aromatic carbocycles. The summed E-state index contributed by atoms with van der Waals surface area (Å²) in [6.45, 7) is 3.66. The highest BCUT2D eigenvalue weighted by molar-refractivity contribution is 5.94. The van der Waals surface area contributed by atoms with Crippen molar-refractivity contribution in [3.05, 3.63) is 76.1 Å². The Bertz CT molecular complexity index is 1170. The maximum absolute atomic E-state index is 12.1. The number of hydrogen-bond donors (Lipinski definition) is 1. The molecular weight excluding hydrogens is 410 g/mol. The third kappa shape index (κ3) is 5.81. The van der Waals surface area contributed by atoms with Crippen LogP contribution in [0.4, 0.5) is 0 Å². The third-order valence-corrected chi connectivity index (χ3v) is 4.79. The van der Waals surface area contributed by atoms with Gasteiger partial charge in [-0.3, -0.25) is 14.4 Å². The van der Waals surface area contributed by atoms with Crippen LogP contribution >= 0.6 is 0 Å². The molecular formula is C24H25N3O5. The van der Waals surface area contributed by atoms with Crippen molar-refractivity contribution >= 4 is 11.7 Å². The van der Waals surface area contributed by atoms with E-state index >= 15 is 0 Å². The van der Waals surface area contributed by atoms with Crippen LogP contribution in [0, 0.1) is 6.92 Å². The first kappa shape index (κ1) is 22.7. The number of aryl methyl sites for hydroxylation is 1. The van der Waals surface area contributed by atoms with Crippen LogP contribution in [0.2, 0.25) is 0 Å². The minimum atomic E-state index is -0.356. The van der Waals surface area contributed by atoms with Crippen molar-refractivity contribution in [2.45, 2.75) is 20.4 Å². The van der Waals surface area contributed by atoms with Gasteiger partial charge in [0.1, 0.15) is 0 Å². The van der Waals surface area contributed by atoms with Gasteiger partial charge in [-0.15, -0.1) is 0 Å². The van der Waals surface area contributed by atoms with Gasteiger partial charge in [0.05, 0.1) is 19.3 Å². The summed E-state index contributed by atoms with van der Waals surface area (Å²) >= 11 is 0. The number of aromatic nitrogens is 2. The van der Waals surface area contributed by atoms with Gasteiger partial charge in [0, 0.05) is 23.7 Å². The second-order valence-corrected chi connectivity index (χ2v) is 7.21. The molecule has 1 aromatic heterocycles. The minimum absolute atomic E-state index is 0.0945. The number of amides is 1. The van der Waals surface area contributed by atoms with E-state index in [4.69, 9.17) is 9.47 Å². The molecule has 1 N–H and O–H groups in total. The van der Waals surface area contributed by atoms with Crippen molar-refractivity contribution in [1.29, 1.82) is 0 Å². The van der Waals surface area contributed by atoms with Gasteiger partial charge < -0.3 is 14.8 Å². The average Bonchev–Trinajstić information content (AvgIpc) is 2.79. The Labute approximate surface area is 185 Å². The van der Waals surface area contributed by atoms with Crippen molar-refractivity contribution in [3.63, 3.8) is 0 Å². The first-order chi connectivity index (χ1) is 15.4. The first-order valence-corrected chi connectivity index (χ1v) is 10.1. The van der Waals surface area contributed by atoms with Crippen LogP contribution in [-0.4, -0.2) is 41.7 Å². The van der Waals surface area contributed by atoms with Crippen molar-refractivity contribution in [3.8, 4) is 22.8 Å². The normalized spacial score (nSPS) is 10.5. The second-order valence-electron chi connectivity index (χ2n) is 7.21. The molecule has 3 rings (SSSR count). The zero-order valence-corrected chi connectivity index (χ0v) is 18.3. The van der Waals surface area contributed by atoms with Crippen LogP contribution < -0.4 is 20.3 Å². The number of ether oxygens (including phenoxy) is 2. The molecule has 0 spiro atoms. The number of rotatable bonds is 9. The van der Waals surface area contributed by atoms with Crippen LogP contribution in [0.25, 0.3) is 11.3 Å². The molecule has 8 heteroatoms. The Morgan fingerprint density at radius 3 is 2.47 bits per heavy atom. The van der Waals surface area contributed by atoms with E-state index in [0.29, 0.717) is 22.8 Å². The van der Waals surface area contributed by atoms with Gasteiger partial charge in [-0.2, -0.15) is 5.10 Å². The van der Waals surface area contributed by atoms with Crippen LogP contribution in [0.5, 0.6) is 11.5 Å². The molecule has 0 aliphatic carbocycles. The van der Waals surface area contributed by atoms with E-state index in [2.05, 4.69) is 10.4 Å². The summed E-state index contributed by atoms with van der Waals surface area (Å²) in [6, 6.07) is 15.8. The molecule has 0 aliphatic heterocycles. The number of benzene rings is 2. The number of ketones is 1. The highest BCUT2D eigenvalue weighted by atomic mass is 16.5. The van der Waals surface area contributed by atoms with E-state index in [0.717, 1.165) is 11.1 Å². The maximum atomic E-state index is 12.1. The molecule has 0 aliphatic rings. The van der Waals surface area contributed by atoms with Crippen LogP contribution in [0.15, 0.2) is 59.4 Å². The first-order valence-electron chi connectivity index (χ1n) is 10.1. The third-order valence-electron chi connectivity index (χ3n) is 4.79. The Balaban J connectivity index is 1.55. The topological polar surface area (TPSA) is 99.5 Å². The lowest BCUT2D eigenvalue weighted by molar-refractivity contribution is -0.123. The Morgan fingerprint density at radius 2 is 1.78 bits per heavy atom. The summed E-state index contributed by atoms with van der Waals surface area (Å²) in [5.74, 6) is 0.277. The van der Waals surface area contributed by atoms with E-state index < -0.39 is 0 Å². The van der Waals surface area contributed by atoms with Gasteiger partial charge >= 0.3 is 0 Å². The van der Waals surface area contributed by atoms with Gasteiger partial charge in [0.25, 0.3) is 11.5 Å². The largest absolute Gasteiger partial charge is 0.493 e. The summed E-state index contributed by atoms with van der Waals surface area (Å²) in [5.41, 5.74) is 2.97. The number of Topliss-reactive ketones (excluding diaryl/α,β-unsaturated/α-hetero) is 1. The highest BCUT2D eigenvalue weighted by Gasteiger charge is 2.11. The van der Waals surface area contributed by atoms with Gasteiger partial charge in [-0.1, -0.05) is 29.8 Å². The monoisotopic (exact) mass is 435 g/mol. The van der Waals surface area contributed by atoms with Gasteiger partial charge in [0.15, 0.2) is 23.9 Å². The molecule has 1 amide bonds. The zero-order chi connectivity index (χ0) is 23.1. The molecule has 166 valence electrons. The molecule has 32 heavy (non-hydrogen) atoms. The summed E-state index contributed by atoms with van der Waals surface area (Å²) in [6.07, 6.45) is 0. The zero-order valence-electron chi connectivity index (χ0n) is 18.3. The summed E-state index contributed by atoms with van der Waals surface area (Å²) in [7, 11) is 1.46. The number of nitrogens with one attached hydrogen (secondary N) is 1. The van der Waals surface area contributed by atoms with Crippen molar-refractivity contribution < 1.29 is 19.1 Å². The molecule has 8 nitrogen and oxygen atoms in total. The Morgan fingerprint density at radius 1 is 1.03 bits per heavy atom. The van der Waals surface area contributed by atoms with E-state index in [1.54, 1.807) is 24.3 Å². The molecule has 0 bridgehead atoms. The molecule has 0 saturated carbocycles. The molecule has 1 heterocycles. The van der Waals surface area contributed by atoms with Crippen LogP contribution in [-0.2, 0) is 11.3 Å². The van der Waals surface area contributed by atoms with E-state index in [-0.39, 0.29) is 36.9 Å². The molecule has 0 fully saturated rings. The summed E-state index contributed by atoms with van der Waals surface area (Å²) in [4.78, 5) is 35.7. The lowest BCUT2D eigenvalue weighted by Gasteiger charge is -2.12. The molecule has 0 saturated heterocycles. The number of carbonyl (C=O) groups is 2. The van der Waals surface area contributed by atoms with Gasteiger partial charge in [-0.05, 0) is 38.1 Å². The van der Waals surface area contributed by atoms with Crippen molar-refractivity contribution in [2.75, 3.05) is 20.3 Å². The van der Waals surface area contributed by atoms with E-state index in [1.807, 2.05) is 31.2 Å². The summed E-state index contributed by atoms with van der Waals surface area (Å²) in [5, 5.41) is 7.09. The predicted octanol–water partition coefficient (Wildman–Crippen LogP) is 2.63. The maximum Gasteiger partial charge on any atom is 0.266 e. The quantitative estimate of drug-likeness (QED) is 0.519. The number of hydrogen-bond acceptors (Lipinski definition) is 6. The molecule has 3 aromatic rings. The lowest BCUT2D eigenvalue weighted by Crippen LogP contribution is -2.34. The van der Waals surface area contributed by atoms with E-state index in [9.17, 15) is 14.4 Å². The Kier molecular flexibility index (Phi) is 7.38. The van der Waals surface area contributed by atoms with E-state index in [1.165, 1.54) is 24.8 Å². The number of carbonyl (C=O) groups excluding carboxylic acids is 2. The fourth-order valence-corrected chi connectivity index (χ4v) is 2.99. The van der Waals surface area contributed by atoms with Crippen LogP contribution in [0.3, 0.4) is 0 Å². The Hall–Kier alpha value is -3.94. The van der Waals surface area contributed by atoms with Crippen LogP contribution in [0.1, 0.15) is 22.8 Å². The fourth-order valence-electron chi connectivity index (χ4n) is 2.99. The standard InChI is InChI=1S/C24H25N3O5/c1-16-4-6-18(7-5-16)20-9-11-24(30)27(26-20)13-12-25-23(29)15-32-21-10-8-19(17(2)28)14-22(21)31-3/h4-11,14H,12-13,15H2,1-3H3,(H,25,29). The lowest BCUT2D eigenvalue weighted by atomic mass is 10.1. The summed E-state index contributed by atoms with van der Waals surface area (Å²) < 4.78 is 12.0. The average molecular weight is 435 g/mol. The van der Waals surface area contributed by atoms with Crippen molar-refractivity contribution in [1.82, 2.24) is 15.1 Å². The van der Waals surface area contributed by atoms with Crippen molar-refractivity contribution in [2.24, 2.45) is 0 Å². The predicted molar refractivity (Wildman–Crippen MR) is 120 cm³/mol. The van der Waals surface area contributed by atoms with Gasteiger partial charge in [0.2, 0.25) is 0 Å². The van der Waals surface area contributed by atoms with Gasteiger partial charge in [-0.25, -0.2) is 4.68 Å². The smallest absolute Gasteiger partial charge is 0.266 e. The molecule has 0 radical (unpaired) electrons. The fraction of sp³-hybridized carbons (Fsp3) is 0.250. The molecule has 0 atom stereocenters. The number of methoxy groups -OCH3 is 1. The minimum Gasteiger partial charge on any atom is -0.493 e. The second kappa shape index (κ2) is 10.4. The SMILES string of the molecule is COc1cc(C(C)=O)ccc1OCC(=O)NCCn1nc(-c2ccc(C)cc2)ccc1=O. The molecule has 0 unspecified atom stereocenters. The number of nitrogens with zero attached hydrogens (tertiary/aromatic N) is 2.